The first-order valence-corrected chi connectivity index (χ1v) is 5.49. The van der Waals surface area contributed by atoms with E-state index in [-0.39, 0.29) is 5.91 Å². The van der Waals surface area contributed by atoms with Crippen LogP contribution in [0.1, 0.15) is 26.2 Å². The smallest absolute Gasteiger partial charge is 0.252 e. The van der Waals surface area contributed by atoms with Gasteiger partial charge >= 0.3 is 0 Å². The highest BCUT2D eigenvalue weighted by Crippen LogP contribution is 2.23. The zero-order valence-corrected chi connectivity index (χ0v) is 9.01. The Morgan fingerprint density at radius 2 is 2.20 bits per heavy atom. The monoisotopic (exact) mass is 211 g/mol. The molecule has 0 saturated carbocycles. The Morgan fingerprint density at radius 3 is 2.87 bits per heavy atom. The molecule has 5 nitrogen and oxygen atoms in total. The first-order chi connectivity index (χ1) is 7.27. The average Bonchev–Trinajstić information content (AvgIpc) is 2.54. The third-order valence-corrected chi connectivity index (χ3v) is 2.86. The van der Waals surface area contributed by atoms with E-state index in [0.29, 0.717) is 19.2 Å². The summed E-state index contributed by atoms with van der Waals surface area (Å²) >= 11 is 0. The molecular formula is C10H17N3O2. The van der Waals surface area contributed by atoms with Crippen LogP contribution in [0.25, 0.3) is 0 Å². The van der Waals surface area contributed by atoms with E-state index in [1.807, 2.05) is 0 Å². The van der Waals surface area contributed by atoms with Crippen LogP contribution in [0.15, 0.2) is 4.99 Å². The third-order valence-electron chi connectivity index (χ3n) is 2.86. The van der Waals surface area contributed by atoms with Crippen molar-refractivity contribution >= 4 is 11.9 Å². The van der Waals surface area contributed by atoms with Gasteiger partial charge in [0.05, 0.1) is 0 Å². The topological polar surface area (TPSA) is 62.7 Å². The number of rotatable bonds is 2. The number of nitrogens with one attached hydrogen (secondary N) is 2. The van der Waals surface area contributed by atoms with E-state index in [1.165, 1.54) is 0 Å². The van der Waals surface area contributed by atoms with Crippen LogP contribution in [0.2, 0.25) is 0 Å². The van der Waals surface area contributed by atoms with Crippen molar-refractivity contribution in [2.24, 2.45) is 4.99 Å². The molecule has 0 bridgehead atoms. The molecule has 0 unspecified atom stereocenters. The summed E-state index contributed by atoms with van der Waals surface area (Å²) in [5.41, 5.74) is -0.454. The molecule has 2 N–H and O–H groups in total. The number of hydrogen-bond acceptors (Lipinski definition) is 3. The molecule has 1 amide bonds. The van der Waals surface area contributed by atoms with Crippen molar-refractivity contribution in [1.29, 1.82) is 0 Å². The van der Waals surface area contributed by atoms with E-state index in [1.54, 1.807) is 0 Å². The third kappa shape index (κ3) is 1.97. The average molecular weight is 211 g/mol. The lowest BCUT2D eigenvalue weighted by molar-refractivity contribution is -0.127. The van der Waals surface area contributed by atoms with Crippen LogP contribution in [-0.4, -0.2) is 37.2 Å². The molecule has 2 saturated heterocycles. The van der Waals surface area contributed by atoms with Gasteiger partial charge in [0.25, 0.3) is 5.91 Å². The number of carbonyl (C=O) groups is 1. The predicted octanol–water partition coefficient (Wildman–Crippen LogP) is 0.0210. The lowest BCUT2D eigenvalue weighted by Crippen LogP contribution is -2.50. The van der Waals surface area contributed by atoms with E-state index in [2.05, 4.69) is 22.5 Å². The summed E-state index contributed by atoms with van der Waals surface area (Å²) in [6, 6.07) is 0. The molecule has 0 aromatic heterocycles. The second-order valence-corrected chi connectivity index (χ2v) is 4.00. The largest absolute Gasteiger partial charge is 0.381 e. The van der Waals surface area contributed by atoms with Crippen molar-refractivity contribution in [3.63, 3.8) is 0 Å². The number of carbonyl (C=O) groups excluding carboxylic acids is 1. The molecule has 2 heterocycles. The fourth-order valence-corrected chi connectivity index (χ4v) is 1.92. The number of amides is 1. The van der Waals surface area contributed by atoms with Crippen LogP contribution in [0, 0.1) is 0 Å². The van der Waals surface area contributed by atoms with Crippen LogP contribution >= 0.6 is 0 Å². The van der Waals surface area contributed by atoms with Gasteiger partial charge in [0, 0.05) is 32.6 Å². The Morgan fingerprint density at radius 1 is 1.47 bits per heavy atom. The van der Waals surface area contributed by atoms with E-state index in [0.717, 1.165) is 25.8 Å². The van der Waals surface area contributed by atoms with Gasteiger partial charge in [-0.15, -0.1) is 0 Å². The molecule has 84 valence electrons. The molecule has 2 rings (SSSR count). The molecule has 0 radical (unpaired) electrons. The molecule has 2 aliphatic heterocycles. The highest BCUT2D eigenvalue weighted by molar-refractivity contribution is 6.09. The number of ether oxygens (including phenoxy) is 1. The lowest BCUT2D eigenvalue weighted by Gasteiger charge is -2.30. The van der Waals surface area contributed by atoms with Crippen LogP contribution in [0.4, 0.5) is 0 Å². The van der Waals surface area contributed by atoms with Gasteiger partial charge in [-0.25, -0.2) is 0 Å². The predicted molar refractivity (Wildman–Crippen MR) is 56.7 cm³/mol. The minimum atomic E-state index is -0.454. The van der Waals surface area contributed by atoms with Crippen molar-refractivity contribution in [2.75, 3.05) is 19.8 Å². The van der Waals surface area contributed by atoms with Gasteiger partial charge in [0.2, 0.25) is 0 Å². The lowest BCUT2D eigenvalue weighted by atomic mass is 9.90. The Labute approximate surface area is 89.3 Å². The van der Waals surface area contributed by atoms with Crippen molar-refractivity contribution in [2.45, 2.75) is 31.7 Å². The fraction of sp³-hybridized carbons (Fsp3) is 0.800. The zero-order chi connectivity index (χ0) is 10.7. The highest BCUT2D eigenvalue weighted by atomic mass is 16.5. The summed E-state index contributed by atoms with van der Waals surface area (Å²) in [7, 11) is 0. The SMILES string of the molecule is CCCN=C1NC(=O)C2(CCOCC2)N1. The molecule has 1 spiro atoms. The molecular weight excluding hydrogens is 194 g/mol. The van der Waals surface area contributed by atoms with Crippen molar-refractivity contribution in [3.05, 3.63) is 0 Å². The molecule has 2 aliphatic rings. The fourth-order valence-electron chi connectivity index (χ4n) is 1.92. The summed E-state index contributed by atoms with van der Waals surface area (Å²) in [4.78, 5) is 16.1. The van der Waals surface area contributed by atoms with Gasteiger partial charge in [-0.1, -0.05) is 6.92 Å². The molecule has 0 aromatic rings. The van der Waals surface area contributed by atoms with Crippen LogP contribution in [-0.2, 0) is 9.53 Å². The molecule has 0 atom stereocenters. The molecule has 15 heavy (non-hydrogen) atoms. The maximum absolute atomic E-state index is 11.8. The zero-order valence-electron chi connectivity index (χ0n) is 9.01. The van der Waals surface area contributed by atoms with E-state index in [4.69, 9.17) is 4.74 Å². The molecule has 0 aromatic carbocycles. The van der Waals surface area contributed by atoms with Crippen molar-refractivity contribution in [1.82, 2.24) is 10.6 Å². The minimum Gasteiger partial charge on any atom is -0.381 e. The summed E-state index contributed by atoms with van der Waals surface area (Å²) in [6.45, 7) is 4.09. The maximum Gasteiger partial charge on any atom is 0.252 e. The number of hydrogen-bond donors (Lipinski definition) is 2. The second kappa shape index (κ2) is 4.18. The van der Waals surface area contributed by atoms with Crippen LogP contribution in [0.5, 0.6) is 0 Å². The van der Waals surface area contributed by atoms with E-state index >= 15 is 0 Å². The van der Waals surface area contributed by atoms with Crippen LogP contribution in [0.3, 0.4) is 0 Å². The van der Waals surface area contributed by atoms with Gasteiger partial charge < -0.3 is 10.1 Å². The van der Waals surface area contributed by atoms with Gasteiger partial charge in [-0.2, -0.15) is 0 Å². The summed E-state index contributed by atoms with van der Waals surface area (Å²) in [5.74, 6) is 0.671. The second-order valence-electron chi connectivity index (χ2n) is 4.00. The summed E-state index contributed by atoms with van der Waals surface area (Å²) < 4.78 is 5.26. The number of nitrogens with zero attached hydrogens (tertiary/aromatic N) is 1. The molecule has 5 heteroatoms. The summed E-state index contributed by atoms with van der Waals surface area (Å²) in [6.07, 6.45) is 2.44. The first kappa shape index (κ1) is 10.4. The van der Waals surface area contributed by atoms with Crippen LogP contribution < -0.4 is 10.6 Å². The number of guanidine groups is 1. The van der Waals surface area contributed by atoms with E-state index in [9.17, 15) is 4.79 Å². The van der Waals surface area contributed by atoms with Gasteiger partial charge in [0.15, 0.2) is 5.96 Å². The van der Waals surface area contributed by atoms with Crippen molar-refractivity contribution < 1.29 is 9.53 Å². The van der Waals surface area contributed by atoms with E-state index < -0.39 is 5.54 Å². The Balaban J connectivity index is 2.05. The summed E-state index contributed by atoms with van der Waals surface area (Å²) in [5, 5.41) is 5.99. The molecule has 0 aliphatic carbocycles. The Hall–Kier alpha value is -1.10. The van der Waals surface area contributed by atoms with Gasteiger partial charge in [-0.3, -0.25) is 15.1 Å². The Bertz CT molecular complexity index is 282. The van der Waals surface area contributed by atoms with Gasteiger partial charge in [-0.05, 0) is 6.42 Å². The minimum absolute atomic E-state index is 0.0423. The quantitative estimate of drug-likeness (QED) is 0.677. The maximum atomic E-state index is 11.8. The number of aliphatic imine (C=N–C) groups is 1. The first-order valence-electron chi connectivity index (χ1n) is 5.49. The normalized spacial score (nSPS) is 26.7. The highest BCUT2D eigenvalue weighted by Gasteiger charge is 2.45. The standard InChI is InChI=1S/C10H17N3O2/c1-2-5-11-9-12-8(14)10(13-9)3-6-15-7-4-10/h2-7H2,1H3,(H2,11,12,13,14). The van der Waals surface area contributed by atoms with Gasteiger partial charge in [0.1, 0.15) is 5.54 Å². The van der Waals surface area contributed by atoms with Crippen molar-refractivity contribution in [3.8, 4) is 0 Å². The molecule has 2 fully saturated rings. The Kier molecular flexibility index (Phi) is 2.90.